The Balaban J connectivity index is 2.03. The lowest BCUT2D eigenvalue weighted by Crippen LogP contribution is -2.39. The predicted molar refractivity (Wildman–Crippen MR) is 90.4 cm³/mol. The maximum Gasteiger partial charge on any atom is 0.335 e. The third-order valence-corrected chi connectivity index (χ3v) is 4.31. The van der Waals surface area contributed by atoms with Gasteiger partial charge in [-0.2, -0.15) is 5.26 Å². The van der Waals surface area contributed by atoms with E-state index in [0.29, 0.717) is 5.69 Å². The van der Waals surface area contributed by atoms with E-state index < -0.39 is 5.97 Å². The Hall–Kier alpha value is -2.81. The summed E-state index contributed by atoms with van der Waals surface area (Å²) in [6, 6.07) is 8.22. The highest BCUT2D eigenvalue weighted by Gasteiger charge is 2.24. The van der Waals surface area contributed by atoms with E-state index >= 15 is 0 Å². The summed E-state index contributed by atoms with van der Waals surface area (Å²) in [6.07, 6.45) is 6.75. The van der Waals surface area contributed by atoms with Gasteiger partial charge in [0.25, 0.3) is 5.91 Å². The summed E-state index contributed by atoms with van der Waals surface area (Å²) in [7, 11) is 1.74. The quantitative estimate of drug-likeness (QED) is 0.640. The largest absolute Gasteiger partial charge is 0.478 e. The van der Waals surface area contributed by atoms with Gasteiger partial charge in [-0.3, -0.25) is 4.79 Å². The number of hydrogen-bond acceptors (Lipinski definition) is 4. The van der Waals surface area contributed by atoms with E-state index in [-0.39, 0.29) is 23.1 Å². The molecule has 0 saturated heterocycles. The van der Waals surface area contributed by atoms with Gasteiger partial charge in [0.2, 0.25) is 0 Å². The molecule has 0 unspecified atom stereocenters. The van der Waals surface area contributed by atoms with Crippen molar-refractivity contribution in [1.82, 2.24) is 4.90 Å². The summed E-state index contributed by atoms with van der Waals surface area (Å²) >= 11 is 0. The number of rotatable bonds is 5. The molecule has 2 N–H and O–H groups in total. The number of anilines is 1. The van der Waals surface area contributed by atoms with Crippen molar-refractivity contribution in [2.45, 2.75) is 38.1 Å². The molecule has 0 radical (unpaired) electrons. The van der Waals surface area contributed by atoms with Crippen molar-refractivity contribution < 1.29 is 14.7 Å². The molecule has 6 heteroatoms. The number of amides is 1. The van der Waals surface area contributed by atoms with Crippen molar-refractivity contribution >= 4 is 17.6 Å². The molecule has 1 aliphatic carbocycles. The highest BCUT2D eigenvalue weighted by molar-refractivity contribution is 5.97. The minimum atomic E-state index is -1.00. The molecule has 0 aliphatic heterocycles. The number of aromatic carboxylic acids is 1. The lowest BCUT2D eigenvalue weighted by molar-refractivity contribution is -0.128. The van der Waals surface area contributed by atoms with Crippen LogP contribution in [0, 0.1) is 11.3 Å². The third kappa shape index (κ3) is 4.35. The molecular weight excluding hydrogens is 306 g/mol. The first kappa shape index (κ1) is 17.5. The van der Waals surface area contributed by atoms with Crippen LogP contribution in [0.15, 0.2) is 36.0 Å². The van der Waals surface area contributed by atoms with Gasteiger partial charge < -0.3 is 15.3 Å². The van der Waals surface area contributed by atoms with Crippen LogP contribution in [0.3, 0.4) is 0 Å². The summed E-state index contributed by atoms with van der Waals surface area (Å²) in [6.45, 7) is 0. The van der Waals surface area contributed by atoms with E-state index in [1.807, 2.05) is 6.07 Å². The fourth-order valence-corrected chi connectivity index (χ4v) is 2.83. The maximum absolute atomic E-state index is 12.5. The van der Waals surface area contributed by atoms with Gasteiger partial charge in [0.15, 0.2) is 0 Å². The van der Waals surface area contributed by atoms with E-state index in [2.05, 4.69) is 5.32 Å². The predicted octanol–water partition coefficient (Wildman–Crippen LogP) is 3.00. The van der Waals surface area contributed by atoms with Crippen molar-refractivity contribution in [3.63, 3.8) is 0 Å². The number of likely N-dealkylation sites (N-methyl/N-ethyl adjacent to an activating group) is 1. The minimum absolute atomic E-state index is 0.0328. The molecule has 6 nitrogen and oxygen atoms in total. The molecule has 1 saturated carbocycles. The summed E-state index contributed by atoms with van der Waals surface area (Å²) in [5.74, 6) is -1.29. The van der Waals surface area contributed by atoms with Crippen LogP contribution in [-0.4, -0.2) is 35.0 Å². The summed E-state index contributed by atoms with van der Waals surface area (Å²) < 4.78 is 0. The Labute approximate surface area is 141 Å². The molecule has 0 bridgehead atoms. The number of benzene rings is 1. The van der Waals surface area contributed by atoms with Crippen molar-refractivity contribution in [2.75, 3.05) is 12.4 Å². The number of carbonyl (C=O) groups is 2. The Morgan fingerprint density at radius 3 is 2.42 bits per heavy atom. The van der Waals surface area contributed by atoms with Gasteiger partial charge >= 0.3 is 5.97 Å². The average Bonchev–Trinajstić information content (AvgIpc) is 2.62. The first-order valence-corrected chi connectivity index (χ1v) is 8.00. The molecule has 0 atom stereocenters. The molecule has 0 spiro atoms. The van der Waals surface area contributed by atoms with Crippen LogP contribution in [0.5, 0.6) is 0 Å². The van der Waals surface area contributed by atoms with Gasteiger partial charge in [-0.05, 0) is 37.1 Å². The van der Waals surface area contributed by atoms with E-state index in [1.165, 1.54) is 24.8 Å². The van der Waals surface area contributed by atoms with E-state index in [9.17, 15) is 14.9 Å². The monoisotopic (exact) mass is 327 g/mol. The molecule has 1 aromatic carbocycles. The number of nitrogens with zero attached hydrogens (tertiary/aromatic N) is 2. The van der Waals surface area contributed by atoms with E-state index in [1.54, 1.807) is 24.1 Å². The summed E-state index contributed by atoms with van der Waals surface area (Å²) in [4.78, 5) is 24.9. The second-order valence-electron chi connectivity index (χ2n) is 5.90. The van der Waals surface area contributed by atoms with Crippen molar-refractivity contribution in [3.8, 4) is 6.07 Å². The van der Waals surface area contributed by atoms with Crippen molar-refractivity contribution in [3.05, 3.63) is 41.6 Å². The van der Waals surface area contributed by atoms with Crippen LogP contribution in [-0.2, 0) is 4.79 Å². The Kier molecular flexibility index (Phi) is 5.96. The van der Waals surface area contributed by atoms with Gasteiger partial charge in [0, 0.05) is 25.0 Å². The Bertz CT molecular complexity index is 668. The fourth-order valence-electron chi connectivity index (χ4n) is 2.83. The smallest absolute Gasteiger partial charge is 0.335 e. The molecule has 0 aromatic heterocycles. The number of nitriles is 1. The summed E-state index contributed by atoms with van der Waals surface area (Å²) in [5.41, 5.74) is 0.824. The molecule has 0 heterocycles. The average molecular weight is 327 g/mol. The van der Waals surface area contributed by atoms with Crippen LogP contribution in [0.1, 0.15) is 42.5 Å². The van der Waals surface area contributed by atoms with Crippen LogP contribution in [0.2, 0.25) is 0 Å². The maximum atomic E-state index is 12.5. The standard InChI is InChI=1S/C18H21N3O3/c1-21(16-5-3-2-4-6-16)17(22)14(11-19)12-20-15-9-7-13(8-10-15)18(23)24/h7-10,12,16,20H,2-6H2,1H3,(H,23,24)/b14-12-. The van der Waals surface area contributed by atoms with Crippen LogP contribution < -0.4 is 5.32 Å². The highest BCUT2D eigenvalue weighted by Crippen LogP contribution is 2.22. The van der Waals surface area contributed by atoms with Gasteiger partial charge in [-0.25, -0.2) is 4.79 Å². The normalized spacial score (nSPS) is 15.4. The van der Waals surface area contributed by atoms with Gasteiger partial charge in [-0.1, -0.05) is 19.3 Å². The van der Waals surface area contributed by atoms with E-state index in [0.717, 1.165) is 25.7 Å². The van der Waals surface area contributed by atoms with Gasteiger partial charge in [0.1, 0.15) is 11.6 Å². The number of carbonyl (C=O) groups excluding carboxylic acids is 1. The fraction of sp³-hybridized carbons (Fsp3) is 0.389. The summed E-state index contributed by atoms with van der Waals surface area (Å²) in [5, 5.41) is 21.0. The van der Waals surface area contributed by atoms with Crippen molar-refractivity contribution in [2.24, 2.45) is 0 Å². The van der Waals surface area contributed by atoms with Crippen LogP contribution in [0.25, 0.3) is 0 Å². The lowest BCUT2D eigenvalue weighted by atomic mass is 9.94. The number of carboxylic acid groups (broad SMARTS) is 1. The second-order valence-corrected chi connectivity index (χ2v) is 5.90. The zero-order chi connectivity index (χ0) is 17.5. The lowest BCUT2D eigenvalue weighted by Gasteiger charge is -2.31. The van der Waals surface area contributed by atoms with Crippen LogP contribution >= 0.6 is 0 Å². The SMILES string of the molecule is CN(C(=O)/C(C#N)=C\Nc1ccc(C(=O)O)cc1)C1CCCCC1. The minimum Gasteiger partial charge on any atom is -0.478 e. The van der Waals surface area contributed by atoms with Gasteiger partial charge in [-0.15, -0.1) is 0 Å². The van der Waals surface area contributed by atoms with E-state index in [4.69, 9.17) is 5.11 Å². The highest BCUT2D eigenvalue weighted by atomic mass is 16.4. The molecule has 126 valence electrons. The number of carboxylic acids is 1. The molecule has 1 amide bonds. The molecule has 24 heavy (non-hydrogen) atoms. The van der Waals surface area contributed by atoms with Gasteiger partial charge in [0.05, 0.1) is 5.56 Å². The topological polar surface area (TPSA) is 93.4 Å². The molecule has 1 fully saturated rings. The first-order chi connectivity index (χ1) is 11.5. The third-order valence-electron chi connectivity index (χ3n) is 4.31. The zero-order valence-corrected chi connectivity index (χ0v) is 13.7. The number of hydrogen-bond donors (Lipinski definition) is 2. The number of nitrogens with one attached hydrogen (secondary N) is 1. The molecule has 2 rings (SSSR count). The Morgan fingerprint density at radius 2 is 1.88 bits per heavy atom. The Morgan fingerprint density at radius 1 is 1.25 bits per heavy atom. The zero-order valence-electron chi connectivity index (χ0n) is 13.7. The molecular formula is C18H21N3O3. The molecule has 1 aliphatic rings. The first-order valence-electron chi connectivity index (χ1n) is 8.00. The van der Waals surface area contributed by atoms with Crippen LogP contribution in [0.4, 0.5) is 5.69 Å². The van der Waals surface area contributed by atoms with Crippen molar-refractivity contribution in [1.29, 1.82) is 5.26 Å². The molecule has 1 aromatic rings. The second kappa shape index (κ2) is 8.16.